The molecule has 0 amide bonds. The molecule has 2 aromatic carbocycles. The van der Waals surface area contributed by atoms with Crippen molar-refractivity contribution >= 4 is 5.69 Å². The van der Waals surface area contributed by atoms with Crippen LogP contribution in [0.25, 0.3) is 0 Å². The zero-order valence-electron chi connectivity index (χ0n) is 12.4. The lowest BCUT2D eigenvalue weighted by molar-refractivity contribution is 0.0624. The number of nitrogen functional groups attached to an aromatic ring is 1. The first-order valence-corrected chi connectivity index (χ1v) is 6.91. The van der Waals surface area contributed by atoms with Crippen molar-refractivity contribution in [1.29, 1.82) is 0 Å². The molecule has 2 rings (SSSR count). The Morgan fingerprint density at radius 3 is 2.52 bits per heavy atom. The molecule has 0 bridgehead atoms. The summed E-state index contributed by atoms with van der Waals surface area (Å²) in [7, 11) is 0. The minimum Gasteiger partial charge on any atom is -0.491 e. The second kappa shape index (κ2) is 6.99. The van der Waals surface area contributed by atoms with Crippen molar-refractivity contribution in [2.75, 3.05) is 18.9 Å². The molecule has 0 radical (unpaired) electrons. The third-order valence-corrected chi connectivity index (χ3v) is 3.06. The molecule has 1 atom stereocenters. The van der Waals surface area contributed by atoms with Crippen molar-refractivity contribution in [3.8, 4) is 11.5 Å². The van der Waals surface area contributed by atoms with Gasteiger partial charge in [-0.25, -0.2) is 0 Å². The first kappa shape index (κ1) is 15.2. The quantitative estimate of drug-likeness (QED) is 0.802. The van der Waals surface area contributed by atoms with E-state index in [9.17, 15) is 5.11 Å². The van der Waals surface area contributed by atoms with Gasteiger partial charge in [0.25, 0.3) is 0 Å². The fourth-order valence-electron chi connectivity index (χ4n) is 1.99. The lowest BCUT2D eigenvalue weighted by Gasteiger charge is -2.15. The van der Waals surface area contributed by atoms with Gasteiger partial charge >= 0.3 is 0 Å². The molecular weight excluding hydrogens is 266 g/mol. The number of hydrogen-bond donors (Lipinski definition) is 2. The maximum Gasteiger partial charge on any atom is 0.122 e. The Morgan fingerprint density at radius 1 is 1.05 bits per heavy atom. The van der Waals surface area contributed by atoms with Crippen LogP contribution in [-0.4, -0.2) is 24.4 Å². The second-order valence-corrected chi connectivity index (χ2v) is 5.12. The van der Waals surface area contributed by atoms with Crippen LogP contribution in [0.2, 0.25) is 0 Å². The molecule has 0 saturated carbocycles. The lowest BCUT2D eigenvalue weighted by atomic mass is 10.1. The number of anilines is 1. The normalized spacial score (nSPS) is 12.0. The Kier molecular flexibility index (Phi) is 5.06. The fraction of sp³-hybridized carbons (Fsp3) is 0.294. The summed E-state index contributed by atoms with van der Waals surface area (Å²) in [5, 5.41) is 9.91. The lowest BCUT2D eigenvalue weighted by Crippen LogP contribution is -2.25. The van der Waals surface area contributed by atoms with Gasteiger partial charge in [0, 0.05) is 11.8 Å². The highest BCUT2D eigenvalue weighted by Gasteiger charge is 2.08. The maximum atomic E-state index is 9.91. The Labute approximate surface area is 125 Å². The van der Waals surface area contributed by atoms with E-state index in [1.807, 2.05) is 38.1 Å². The first-order chi connectivity index (χ1) is 10.0. The molecule has 0 aliphatic heterocycles. The molecular formula is C17H21NO3. The second-order valence-electron chi connectivity index (χ2n) is 5.12. The number of aryl methyl sites for hydroxylation is 2. The molecule has 4 heteroatoms. The van der Waals surface area contributed by atoms with E-state index >= 15 is 0 Å². The highest BCUT2D eigenvalue weighted by atomic mass is 16.5. The molecule has 0 saturated heterocycles. The molecule has 0 spiro atoms. The molecule has 0 aromatic heterocycles. The summed E-state index contributed by atoms with van der Waals surface area (Å²) < 4.78 is 11.1. The van der Waals surface area contributed by atoms with Crippen molar-refractivity contribution in [2.45, 2.75) is 20.0 Å². The third-order valence-electron chi connectivity index (χ3n) is 3.06. The summed E-state index contributed by atoms with van der Waals surface area (Å²) in [4.78, 5) is 0. The van der Waals surface area contributed by atoms with Gasteiger partial charge in [0.15, 0.2) is 0 Å². The van der Waals surface area contributed by atoms with E-state index in [1.54, 1.807) is 18.2 Å². The average Bonchev–Trinajstić information content (AvgIpc) is 2.44. The zero-order valence-corrected chi connectivity index (χ0v) is 12.4. The predicted molar refractivity (Wildman–Crippen MR) is 83.8 cm³/mol. The molecule has 4 nitrogen and oxygen atoms in total. The molecule has 0 aliphatic rings. The molecule has 2 aromatic rings. The first-order valence-electron chi connectivity index (χ1n) is 6.91. The number of rotatable bonds is 6. The molecule has 0 fully saturated rings. The van der Waals surface area contributed by atoms with Crippen LogP contribution in [0.1, 0.15) is 11.1 Å². The topological polar surface area (TPSA) is 64.7 Å². The summed E-state index contributed by atoms with van der Waals surface area (Å²) in [5.41, 5.74) is 8.53. The number of nitrogens with two attached hydrogens (primary N) is 1. The van der Waals surface area contributed by atoms with Crippen LogP contribution in [0.15, 0.2) is 42.5 Å². The third kappa shape index (κ3) is 4.68. The average molecular weight is 287 g/mol. The van der Waals surface area contributed by atoms with E-state index in [0.717, 1.165) is 11.3 Å². The summed E-state index contributed by atoms with van der Waals surface area (Å²) in [5.74, 6) is 1.42. The van der Waals surface area contributed by atoms with Crippen molar-refractivity contribution in [2.24, 2.45) is 0 Å². The van der Waals surface area contributed by atoms with Gasteiger partial charge in [0.1, 0.15) is 30.8 Å². The Balaban J connectivity index is 1.80. The smallest absolute Gasteiger partial charge is 0.122 e. The molecule has 0 aliphatic carbocycles. The SMILES string of the molecule is Cc1ccc(OCC(O)COc2cccc(N)c2)c(C)c1. The standard InChI is InChI=1S/C17H21NO3/c1-12-6-7-17(13(2)8-12)21-11-15(19)10-20-16-5-3-4-14(18)9-16/h3-9,15,19H,10-11,18H2,1-2H3. The molecule has 0 heterocycles. The van der Waals surface area contributed by atoms with Crippen LogP contribution in [0.5, 0.6) is 11.5 Å². The van der Waals surface area contributed by atoms with Gasteiger partial charge in [-0.15, -0.1) is 0 Å². The van der Waals surface area contributed by atoms with Crippen molar-refractivity contribution < 1.29 is 14.6 Å². The van der Waals surface area contributed by atoms with Crippen molar-refractivity contribution in [3.05, 3.63) is 53.6 Å². The largest absolute Gasteiger partial charge is 0.491 e. The summed E-state index contributed by atoms with van der Waals surface area (Å²) in [6.07, 6.45) is -0.702. The molecule has 1 unspecified atom stereocenters. The number of ether oxygens (including phenoxy) is 2. The van der Waals surface area contributed by atoms with E-state index in [-0.39, 0.29) is 13.2 Å². The number of aliphatic hydroxyl groups is 1. The monoisotopic (exact) mass is 287 g/mol. The van der Waals surface area contributed by atoms with E-state index in [2.05, 4.69) is 0 Å². The summed E-state index contributed by atoms with van der Waals surface area (Å²) >= 11 is 0. The molecule has 112 valence electrons. The zero-order chi connectivity index (χ0) is 15.2. The molecule has 21 heavy (non-hydrogen) atoms. The van der Waals surface area contributed by atoms with Crippen LogP contribution in [0, 0.1) is 13.8 Å². The van der Waals surface area contributed by atoms with Gasteiger partial charge < -0.3 is 20.3 Å². The fourth-order valence-corrected chi connectivity index (χ4v) is 1.99. The molecule has 3 N–H and O–H groups in total. The van der Waals surface area contributed by atoms with Gasteiger partial charge in [0.05, 0.1) is 0 Å². The van der Waals surface area contributed by atoms with Gasteiger partial charge in [-0.3, -0.25) is 0 Å². The maximum absolute atomic E-state index is 9.91. The highest BCUT2D eigenvalue weighted by Crippen LogP contribution is 2.19. The number of hydrogen-bond acceptors (Lipinski definition) is 4. The predicted octanol–water partition coefficient (Wildman–Crippen LogP) is 2.70. The summed E-state index contributed by atoms with van der Waals surface area (Å²) in [6, 6.07) is 13.1. The Bertz CT molecular complexity index is 598. The van der Waals surface area contributed by atoms with E-state index < -0.39 is 6.10 Å². The van der Waals surface area contributed by atoms with Crippen LogP contribution >= 0.6 is 0 Å². The summed E-state index contributed by atoms with van der Waals surface area (Å²) in [6.45, 7) is 4.36. The van der Waals surface area contributed by atoms with Crippen molar-refractivity contribution in [1.82, 2.24) is 0 Å². The Hall–Kier alpha value is -2.20. The van der Waals surface area contributed by atoms with Gasteiger partial charge in [-0.1, -0.05) is 23.8 Å². The minimum absolute atomic E-state index is 0.161. The van der Waals surface area contributed by atoms with Crippen LogP contribution in [-0.2, 0) is 0 Å². The van der Waals surface area contributed by atoms with E-state index in [4.69, 9.17) is 15.2 Å². The number of aliphatic hydroxyl groups excluding tert-OH is 1. The number of benzene rings is 2. The van der Waals surface area contributed by atoms with Crippen LogP contribution in [0.4, 0.5) is 5.69 Å². The van der Waals surface area contributed by atoms with Crippen molar-refractivity contribution in [3.63, 3.8) is 0 Å². The van der Waals surface area contributed by atoms with E-state index in [0.29, 0.717) is 11.4 Å². The van der Waals surface area contributed by atoms with Gasteiger partial charge in [-0.2, -0.15) is 0 Å². The van der Waals surface area contributed by atoms with Gasteiger partial charge in [0.2, 0.25) is 0 Å². The Morgan fingerprint density at radius 2 is 1.81 bits per heavy atom. The van der Waals surface area contributed by atoms with E-state index in [1.165, 1.54) is 5.56 Å². The van der Waals surface area contributed by atoms with Gasteiger partial charge in [-0.05, 0) is 37.6 Å². The minimum atomic E-state index is -0.702. The van der Waals surface area contributed by atoms with Crippen LogP contribution < -0.4 is 15.2 Å². The van der Waals surface area contributed by atoms with Crippen LogP contribution in [0.3, 0.4) is 0 Å². The highest BCUT2D eigenvalue weighted by molar-refractivity contribution is 5.43.